The number of hydrogen-bond acceptors (Lipinski definition) is 7. The van der Waals surface area contributed by atoms with Gasteiger partial charge in [0.15, 0.2) is 5.82 Å². The SMILES string of the molecule is CCc1nc(CC)n(-c2nc(N)nc(-n3cccn3)n2)n1. The third kappa shape index (κ3) is 2.45. The van der Waals surface area contributed by atoms with Gasteiger partial charge in [-0.2, -0.15) is 24.7 Å². The zero-order valence-electron chi connectivity index (χ0n) is 11.8. The highest BCUT2D eigenvalue weighted by Crippen LogP contribution is 2.10. The molecule has 108 valence electrons. The van der Waals surface area contributed by atoms with Crippen molar-refractivity contribution in [3.8, 4) is 11.9 Å². The molecule has 0 radical (unpaired) electrons. The molecule has 9 nitrogen and oxygen atoms in total. The molecule has 0 saturated carbocycles. The van der Waals surface area contributed by atoms with Crippen LogP contribution in [0.2, 0.25) is 0 Å². The quantitative estimate of drug-likeness (QED) is 0.735. The van der Waals surface area contributed by atoms with Gasteiger partial charge in [-0.15, -0.1) is 5.10 Å². The van der Waals surface area contributed by atoms with Crippen molar-refractivity contribution in [3.63, 3.8) is 0 Å². The highest BCUT2D eigenvalue weighted by atomic mass is 15.4. The van der Waals surface area contributed by atoms with Gasteiger partial charge in [0, 0.05) is 25.2 Å². The molecule has 2 N–H and O–H groups in total. The number of nitrogens with zero attached hydrogens (tertiary/aromatic N) is 8. The summed E-state index contributed by atoms with van der Waals surface area (Å²) in [4.78, 5) is 17.0. The molecule has 21 heavy (non-hydrogen) atoms. The number of nitrogens with two attached hydrogens (primary N) is 1. The summed E-state index contributed by atoms with van der Waals surface area (Å²) in [6, 6.07) is 1.78. The lowest BCUT2D eigenvalue weighted by Crippen LogP contribution is -2.14. The van der Waals surface area contributed by atoms with Crippen molar-refractivity contribution >= 4 is 5.95 Å². The van der Waals surface area contributed by atoms with Gasteiger partial charge < -0.3 is 5.73 Å². The van der Waals surface area contributed by atoms with E-state index in [9.17, 15) is 0 Å². The normalized spacial score (nSPS) is 11.0. The fourth-order valence-corrected chi connectivity index (χ4v) is 1.88. The molecule has 9 heteroatoms. The van der Waals surface area contributed by atoms with Crippen LogP contribution >= 0.6 is 0 Å². The van der Waals surface area contributed by atoms with Crippen LogP contribution in [0.3, 0.4) is 0 Å². The summed E-state index contributed by atoms with van der Waals surface area (Å²) in [5.74, 6) is 2.33. The van der Waals surface area contributed by atoms with Crippen molar-refractivity contribution in [1.29, 1.82) is 0 Å². The number of aromatic nitrogens is 8. The van der Waals surface area contributed by atoms with Gasteiger partial charge in [0.2, 0.25) is 5.95 Å². The number of aryl methyl sites for hydroxylation is 2. The van der Waals surface area contributed by atoms with Crippen LogP contribution in [0.5, 0.6) is 0 Å². The molecule has 0 fully saturated rings. The fraction of sp³-hybridized carbons (Fsp3) is 0.333. The fourth-order valence-electron chi connectivity index (χ4n) is 1.88. The summed E-state index contributed by atoms with van der Waals surface area (Å²) in [6.45, 7) is 4.00. The minimum Gasteiger partial charge on any atom is -0.368 e. The van der Waals surface area contributed by atoms with Crippen LogP contribution in [0, 0.1) is 0 Å². The van der Waals surface area contributed by atoms with Crippen LogP contribution in [-0.4, -0.2) is 39.5 Å². The maximum absolute atomic E-state index is 5.77. The first-order valence-corrected chi connectivity index (χ1v) is 6.68. The molecular formula is C12H15N9. The first kappa shape index (κ1) is 13.2. The number of hydrogen-bond donors (Lipinski definition) is 1. The van der Waals surface area contributed by atoms with Crippen LogP contribution in [0.1, 0.15) is 25.5 Å². The second-order valence-corrected chi connectivity index (χ2v) is 4.31. The van der Waals surface area contributed by atoms with Crippen LogP contribution in [0.4, 0.5) is 5.95 Å². The summed E-state index contributed by atoms with van der Waals surface area (Å²) in [5, 5.41) is 8.49. The monoisotopic (exact) mass is 285 g/mol. The smallest absolute Gasteiger partial charge is 0.259 e. The summed E-state index contributed by atoms with van der Waals surface area (Å²) >= 11 is 0. The van der Waals surface area contributed by atoms with Crippen LogP contribution in [0.25, 0.3) is 11.9 Å². The highest BCUT2D eigenvalue weighted by molar-refractivity contribution is 5.28. The van der Waals surface area contributed by atoms with Gasteiger partial charge in [0.1, 0.15) is 5.82 Å². The van der Waals surface area contributed by atoms with Crippen LogP contribution in [-0.2, 0) is 12.8 Å². The van der Waals surface area contributed by atoms with Gasteiger partial charge in [-0.05, 0) is 6.07 Å². The van der Waals surface area contributed by atoms with Crippen molar-refractivity contribution in [2.24, 2.45) is 0 Å². The van der Waals surface area contributed by atoms with Crippen molar-refractivity contribution in [2.75, 3.05) is 5.73 Å². The van der Waals surface area contributed by atoms with Crippen molar-refractivity contribution in [3.05, 3.63) is 30.1 Å². The van der Waals surface area contributed by atoms with E-state index < -0.39 is 0 Å². The molecule has 3 aromatic rings. The summed E-state index contributed by atoms with van der Waals surface area (Å²) in [7, 11) is 0. The van der Waals surface area contributed by atoms with E-state index in [4.69, 9.17) is 5.73 Å². The van der Waals surface area contributed by atoms with Crippen molar-refractivity contribution in [2.45, 2.75) is 26.7 Å². The number of nitrogen functional groups attached to an aromatic ring is 1. The van der Waals surface area contributed by atoms with E-state index in [-0.39, 0.29) is 5.95 Å². The Kier molecular flexibility index (Phi) is 3.30. The Balaban J connectivity index is 2.12. The van der Waals surface area contributed by atoms with Gasteiger partial charge in [-0.1, -0.05) is 13.8 Å². The third-order valence-corrected chi connectivity index (χ3v) is 2.88. The van der Waals surface area contributed by atoms with Gasteiger partial charge in [0.05, 0.1) is 0 Å². The van der Waals surface area contributed by atoms with E-state index in [0.717, 1.165) is 24.5 Å². The van der Waals surface area contributed by atoms with Crippen molar-refractivity contribution < 1.29 is 0 Å². The zero-order valence-corrected chi connectivity index (χ0v) is 11.8. The van der Waals surface area contributed by atoms with Gasteiger partial charge in [0.25, 0.3) is 11.9 Å². The maximum atomic E-state index is 5.77. The number of anilines is 1. The highest BCUT2D eigenvalue weighted by Gasteiger charge is 2.14. The minimum absolute atomic E-state index is 0.112. The molecule has 0 aliphatic heterocycles. The van der Waals surface area contributed by atoms with E-state index in [1.54, 1.807) is 23.1 Å². The van der Waals surface area contributed by atoms with Crippen LogP contribution in [0.15, 0.2) is 18.5 Å². The largest absolute Gasteiger partial charge is 0.368 e. The Morgan fingerprint density at radius 2 is 1.86 bits per heavy atom. The van der Waals surface area contributed by atoms with E-state index in [2.05, 4.69) is 30.1 Å². The van der Waals surface area contributed by atoms with E-state index in [1.807, 2.05) is 13.8 Å². The molecule has 0 spiro atoms. The molecule has 0 amide bonds. The van der Waals surface area contributed by atoms with E-state index >= 15 is 0 Å². The molecule has 3 aromatic heterocycles. The zero-order chi connectivity index (χ0) is 14.8. The Hall–Kier alpha value is -2.84. The summed E-state index contributed by atoms with van der Waals surface area (Å²) in [6.07, 6.45) is 4.84. The number of rotatable bonds is 4. The molecule has 0 aliphatic rings. The molecule has 0 atom stereocenters. The average molecular weight is 285 g/mol. The lowest BCUT2D eigenvalue weighted by molar-refractivity contribution is 0.715. The predicted octanol–water partition coefficient (Wildman–Crippen LogP) is 0.345. The Bertz CT molecular complexity index is 744. The minimum atomic E-state index is 0.112. The molecule has 0 bridgehead atoms. The first-order valence-electron chi connectivity index (χ1n) is 6.68. The molecule has 3 heterocycles. The second kappa shape index (κ2) is 5.27. The molecule has 0 saturated heterocycles. The van der Waals surface area contributed by atoms with Crippen LogP contribution < -0.4 is 5.73 Å². The van der Waals surface area contributed by atoms with Gasteiger partial charge in [-0.3, -0.25) is 0 Å². The molecular weight excluding hydrogens is 270 g/mol. The first-order chi connectivity index (χ1) is 10.2. The Labute approximate surface area is 120 Å². The standard InChI is InChI=1S/C12H15N9/c1-3-8-15-9(4-2)21(19-8)12-17-10(13)16-11(18-12)20-7-5-6-14-20/h5-7H,3-4H2,1-2H3,(H2,13,16,17,18). The van der Waals surface area contributed by atoms with E-state index in [0.29, 0.717) is 11.9 Å². The van der Waals surface area contributed by atoms with E-state index in [1.165, 1.54) is 4.68 Å². The second-order valence-electron chi connectivity index (χ2n) is 4.31. The molecule has 0 aliphatic carbocycles. The molecule has 0 aromatic carbocycles. The molecule has 0 unspecified atom stereocenters. The average Bonchev–Trinajstić information content (AvgIpc) is 3.15. The van der Waals surface area contributed by atoms with Gasteiger partial charge >= 0.3 is 0 Å². The molecule has 3 rings (SSSR count). The third-order valence-electron chi connectivity index (χ3n) is 2.88. The predicted molar refractivity (Wildman–Crippen MR) is 75.0 cm³/mol. The lowest BCUT2D eigenvalue weighted by Gasteiger charge is -2.05. The summed E-state index contributed by atoms with van der Waals surface area (Å²) in [5.41, 5.74) is 5.77. The summed E-state index contributed by atoms with van der Waals surface area (Å²) < 4.78 is 3.12. The topological polar surface area (TPSA) is 113 Å². The van der Waals surface area contributed by atoms with Crippen molar-refractivity contribution in [1.82, 2.24) is 39.5 Å². The Morgan fingerprint density at radius 3 is 2.52 bits per heavy atom. The Morgan fingerprint density at radius 1 is 1.05 bits per heavy atom. The lowest BCUT2D eigenvalue weighted by atomic mass is 10.4. The van der Waals surface area contributed by atoms with Gasteiger partial charge in [-0.25, -0.2) is 9.67 Å². The maximum Gasteiger partial charge on any atom is 0.259 e.